The van der Waals surface area contributed by atoms with Crippen LogP contribution >= 0.6 is 0 Å². The number of sulfonamides is 1. The third-order valence-electron chi connectivity index (χ3n) is 4.42. The second-order valence-electron chi connectivity index (χ2n) is 7.43. The van der Waals surface area contributed by atoms with Gasteiger partial charge in [0.25, 0.3) is 11.8 Å². The molecule has 0 aromatic heterocycles. The van der Waals surface area contributed by atoms with Gasteiger partial charge in [0.2, 0.25) is 15.9 Å². The predicted molar refractivity (Wildman–Crippen MR) is 106 cm³/mol. The summed E-state index contributed by atoms with van der Waals surface area (Å²) in [5, 5.41) is 2.55. The lowest BCUT2D eigenvalue weighted by molar-refractivity contribution is -0.130. The van der Waals surface area contributed by atoms with Crippen molar-refractivity contribution in [3.05, 3.63) is 29.8 Å². The Labute approximate surface area is 174 Å². The van der Waals surface area contributed by atoms with Crippen molar-refractivity contribution in [2.75, 3.05) is 20.6 Å². The summed E-state index contributed by atoms with van der Waals surface area (Å²) in [5.74, 6) is -1.57. The Morgan fingerprint density at radius 1 is 1.17 bits per heavy atom. The van der Waals surface area contributed by atoms with Crippen LogP contribution in [0.5, 0.6) is 0 Å². The first-order chi connectivity index (χ1) is 13.9. The molecule has 1 saturated heterocycles. The summed E-state index contributed by atoms with van der Waals surface area (Å²) in [6, 6.07) is 4.89. The molecule has 0 bridgehead atoms. The number of urea groups is 1. The molecule has 1 heterocycles. The summed E-state index contributed by atoms with van der Waals surface area (Å²) in [6.45, 7) is 3.25. The zero-order valence-electron chi connectivity index (χ0n) is 17.2. The zero-order chi connectivity index (χ0) is 22.7. The number of benzene rings is 1. The van der Waals surface area contributed by atoms with Gasteiger partial charge in [0.1, 0.15) is 5.54 Å². The van der Waals surface area contributed by atoms with Crippen molar-refractivity contribution in [2.45, 2.75) is 37.1 Å². The van der Waals surface area contributed by atoms with Crippen molar-refractivity contribution >= 4 is 33.8 Å². The molecule has 11 nitrogen and oxygen atoms in total. The van der Waals surface area contributed by atoms with Gasteiger partial charge in [-0.05, 0) is 38.5 Å². The Balaban J connectivity index is 1.85. The standard InChI is InChI=1S/C18H25N5O6S/c1-18(2)16(26)23(17(27)19-18)10-6-9-14(24)20-21-15(25)12-7-5-8-13(11-12)30(28,29)22(3)4/h5,7-8,11H,6,9-10H2,1-4H3,(H,19,27)(H,20,24)(H,21,25). The maximum Gasteiger partial charge on any atom is 0.325 e. The number of carbonyl (C=O) groups is 4. The van der Waals surface area contributed by atoms with Crippen LogP contribution in [-0.4, -0.2) is 67.6 Å². The van der Waals surface area contributed by atoms with Gasteiger partial charge in [0.05, 0.1) is 4.90 Å². The molecular formula is C18H25N5O6S. The summed E-state index contributed by atoms with van der Waals surface area (Å²) < 4.78 is 25.3. The summed E-state index contributed by atoms with van der Waals surface area (Å²) in [7, 11) is -0.945. The zero-order valence-corrected chi connectivity index (χ0v) is 18.0. The van der Waals surface area contributed by atoms with Gasteiger partial charge >= 0.3 is 6.03 Å². The molecule has 12 heteroatoms. The molecule has 30 heavy (non-hydrogen) atoms. The Morgan fingerprint density at radius 3 is 2.40 bits per heavy atom. The summed E-state index contributed by atoms with van der Waals surface area (Å²) in [6.07, 6.45) is 0.181. The third-order valence-corrected chi connectivity index (χ3v) is 6.23. The van der Waals surface area contributed by atoms with Crippen molar-refractivity contribution in [1.29, 1.82) is 0 Å². The van der Waals surface area contributed by atoms with Crippen LogP contribution in [0.3, 0.4) is 0 Å². The molecule has 0 saturated carbocycles. The number of hydrogen-bond donors (Lipinski definition) is 3. The smallest absolute Gasteiger partial charge is 0.324 e. The van der Waals surface area contributed by atoms with Gasteiger partial charge in [-0.1, -0.05) is 6.07 Å². The van der Waals surface area contributed by atoms with Crippen molar-refractivity contribution in [2.24, 2.45) is 0 Å². The molecule has 0 unspecified atom stereocenters. The van der Waals surface area contributed by atoms with Gasteiger partial charge in [-0.2, -0.15) is 0 Å². The number of nitrogens with one attached hydrogen (secondary N) is 3. The van der Waals surface area contributed by atoms with E-state index in [2.05, 4.69) is 16.2 Å². The van der Waals surface area contributed by atoms with Crippen LogP contribution in [0.15, 0.2) is 29.2 Å². The van der Waals surface area contributed by atoms with Gasteiger partial charge in [0, 0.05) is 32.6 Å². The number of imide groups is 1. The maximum absolute atomic E-state index is 12.2. The van der Waals surface area contributed by atoms with Gasteiger partial charge in [-0.15, -0.1) is 0 Å². The van der Waals surface area contributed by atoms with Crippen LogP contribution in [0.4, 0.5) is 4.79 Å². The van der Waals surface area contributed by atoms with E-state index in [9.17, 15) is 27.6 Å². The minimum atomic E-state index is -3.70. The highest BCUT2D eigenvalue weighted by Crippen LogP contribution is 2.17. The quantitative estimate of drug-likeness (QED) is 0.397. The van der Waals surface area contributed by atoms with Crippen molar-refractivity contribution in [3.63, 3.8) is 0 Å². The molecule has 1 fully saturated rings. The molecular weight excluding hydrogens is 414 g/mol. The minimum absolute atomic E-state index is 0.0349. The molecule has 1 aliphatic rings. The molecule has 0 aliphatic carbocycles. The van der Waals surface area contributed by atoms with E-state index >= 15 is 0 Å². The lowest BCUT2D eigenvalue weighted by Crippen LogP contribution is -2.42. The van der Waals surface area contributed by atoms with E-state index in [0.717, 1.165) is 9.21 Å². The summed E-state index contributed by atoms with van der Waals surface area (Å²) in [4.78, 5) is 49.0. The summed E-state index contributed by atoms with van der Waals surface area (Å²) >= 11 is 0. The maximum atomic E-state index is 12.2. The molecule has 1 aliphatic heterocycles. The van der Waals surface area contributed by atoms with Gasteiger partial charge in [-0.3, -0.25) is 30.1 Å². The molecule has 3 N–H and O–H groups in total. The van der Waals surface area contributed by atoms with E-state index < -0.39 is 33.4 Å². The first-order valence-corrected chi connectivity index (χ1v) is 10.6. The monoisotopic (exact) mass is 439 g/mol. The molecule has 0 spiro atoms. The van der Waals surface area contributed by atoms with E-state index in [0.29, 0.717) is 0 Å². The number of carbonyl (C=O) groups excluding carboxylic acids is 4. The predicted octanol–water partition coefficient (Wildman–Crippen LogP) is -0.191. The average Bonchev–Trinajstić information content (AvgIpc) is 2.87. The van der Waals surface area contributed by atoms with E-state index in [1.807, 2.05) is 0 Å². The van der Waals surface area contributed by atoms with Crippen molar-refractivity contribution in [1.82, 2.24) is 25.4 Å². The van der Waals surface area contributed by atoms with E-state index in [1.165, 1.54) is 38.4 Å². The Kier molecular flexibility index (Phi) is 6.83. The first kappa shape index (κ1) is 23.3. The van der Waals surface area contributed by atoms with Crippen LogP contribution in [0, 0.1) is 0 Å². The van der Waals surface area contributed by atoms with Gasteiger partial charge < -0.3 is 5.32 Å². The topological polar surface area (TPSA) is 145 Å². The Morgan fingerprint density at radius 2 is 1.83 bits per heavy atom. The molecule has 0 radical (unpaired) electrons. The van der Waals surface area contributed by atoms with Crippen LogP contribution in [0.2, 0.25) is 0 Å². The molecule has 0 atom stereocenters. The summed E-state index contributed by atoms with van der Waals surface area (Å²) in [5.41, 5.74) is 3.52. The highest BCUT2D eigenvalue weighted by molar-refractivity contribution is 7.89. The van der Waals surface area contributed by atoms with E-state index in [1.54, 1.807) is 13.8 Å². The second-order valence-corrected chi connectivity index (χ2v) is 9.58. The van der Waals surface area contributed by atoms with E-state index in [4.69, 9.17) is 0 Å². The highest BCUT2D eigenvalue weighted by Gasteiger charge is 2.43. The Bertz CT molecular complexity index is 973. The molecule has 164 valence electrons. The number of rotatable bonds is 7. The molecule has 2 rings (SSSR count). The number of hydrazine groups is 1. The average molecular weight is 439 g/mol. The fraction of sp³-hybridized carbons (Fsp3) is 0.444. The number of nitrogens with zero attached hydrogens (tertiary/aromatic N) is 2. The normalized spacial score (nSPS) is 15.8. The van der Waals surface area contributed by atoms with Crippen LogP contribution in [0.1, 0.15) is 37.0 Å². The largest absolute Gasteiger partial charge is 0.325 e. The van der Waals surface area contributed by atoms with E-state index in [-0.39, 0.29) is 35.8 Å². The number of hydrogen-bond acceptors (Lipinski definition) is 6. The lowest BCUT2D eigenvalue weighted by Gasteiger charge is -2.15. The SMILES string of the molecule is CN(C)S(=O)(=O)c1cccc(C(=O)NNC(=O)CCCN2C(=O)NC(C)(C)C2=O)c1. The lowest BCUT2D eigenvalue weighted by atomic mass is 10.1. The van der Waals surface area contributed by atoms with Crippen molar-refractivity contribution < 1.29 is 27.6 Å². The van der Waals surface area contributed by atoms with Crippen LogP contribution in [-0.2, 0) is 19.6 Å². The second kappa shape index (κ2) is 8.79. The highest BCUT2D eigenvalue weighted by atomic mass is 32.2. The molecule has 5 amide bonds. The van der Waals surface area contributed by atoms with Crippen LogP contribution in [0.25, 0.3) is 0 Å². The first-order valence-electron chi connectivity index (χ1n) is 9.12. The fourth-order valence-corrected chi connectivity index (χ4v) is 3.64. The number of amides is 5. The van der Waals surface area contributed by atoms with Gasteiger partial charge in [-0.25, -0.2) is 17.5 Å². The van der Waals surface area contributed by atoms with Crippen molar-refractivity contribution in [3.8, 4) is 0 Å². The van der Waals surface area contributed by atoms with Gasteiger partial charge in [0.15, 0.2) is 0 Å². The fourth-order valence-electron chi connectivity index (χ4n) is 2.69. The minimum Gasteiger partial charge on any atom is -0.324 e. The van der Waals surface area contributed by atoms with Crippen LogP contribution < -0.4 is 16.2 Å². The Hall–Kier alpha value is -2.99. The molecule has 1 aromatic carbocycles. The third kappa shape index (κ3) is 5.13. The molecule has 1 aromatic rings.